The fourth-order valence-corrected chi connectivity index (χ4v) is 3.05. The summed E-state index contributed by atoms with van der Waals surface area (Å²) in [6.07, 6.45) is 1.11. The standard InChI is InChI=1S/C16H27BrN4.4ClH/c17-16-3-1-2-14(11-16)10-15-12-20-8-6-18-4-5-19-7-9-21-13-15;;;;/h1-3,11,15,18-21H,4-10,12-13H2;4*1H. The van der Waals surface area contributed by atoms with Gasteiger partial charge in [0.1, 0.15) is 0 Å². The summed E-state index contributed by atoms with van der Waals surface area (Å²) < 4.78 is 1.17. The molecule has 4 nitrogen and oxygen atoms in total. The quantitative estimate of drug-likeness (QED) is 0.504. The molecule has 0 saturated carbocycles. The van der Waals surface area contributed by atoms with Crippen molar-refractivity contribution in [3.8, 4) is 0 Å². The predicted molar refractivity (Wildman–Crippen MR) is 122 cm³/mol. The Morgan fingerprint density at radius 1 is 0.760 bits per heavy atom. The molecule has 1 saturated heterocycles. The summed E-state index contributed by atoms with van der Waals surface area (Å²) in [5.41, 5.74) is 1.40. The normalized spacial score (nSPS) is 17.0. The molecule has 4 N–H and O–H groups in total. The van der Waals surface area contributed by atoms with Crippen LogP contribution in [-0.4, -0.2) is 52.4 Å². The first-order valence-electron chi connectivity index (χ1n) is 7.92. The summed E-state index contributed by atoms with van der Waals surface area (Å²) in [6, 6.07) is 8.65. The third-order valence-electron chi connectivity index (χ3n) is 3.72. The van der Waals surface area contributed by atoms with Crippen LogP contribution in [0.5, 0.6) is 0 Å². The van der Waals surface area contributed by atoms with E-state index in [1.165, 1.54) is 10.0 Å². The van der Waals surface area contributed by atoms with Crippen LogP contribution in [0.25, 0.3) is 0 Å². The van der Waals surface area contributed by atoms with Gasteiger partial charge in [0.2, 0.25) is 0 Å². The zero-order chi connectivity index (χ0) is 14.8. The Morgan fingerprint density at radius 2 is 1.24 bits per heavy atom. The maximum Gasteiger partial charge on any atom is 0.0177 e. The number of benzene rings is 1. The van der Waals surface area contributed by atoms with Gasteiger partial charge >= 0.3 is 0 Å². The minimum absolute atomic E-state index is 0. The van der Waals surface area contributed by atoms with E-state index in [4.69, 9.17) is 0 Å². The second-order valence-corrected chi connectivity index (χ2v) is 6.52. The summed E-state index contributed by atoms with van der Waals surface area (Å²) in [5.74, 6) is 0.625. The Balaban J connectivity index is -0.00000121. The monoisotopic (exact) mass is 498 g/mol. The van der Waals surface area contributed by atoms with Crippen LogP contribution in [0.4, 0.5) is 0 Å². The van der Waals surface area contributed by atoms with E-state index in [0.717, 1.165) is 58.8 Å². The molecule has 0 bridgehead atoms. The minimum atomic E-state index is 0. The molecule has 0 atom stereocenters. The van der Waals surface area contributed by atoms with E-state index in [1.54, 1.807) is 0 Å². The smallest absolute Gasteiger partial charge is 0.0177 e. The molecular formula is C16H31BrCl4N4. The van der Waals surface area contributed by atoms with Gasteiger partial charge in [-0.15, -0.1) is 49.6 Å². The van der Waals surface area contributed by atoms with E-state index < -0.39 is 0 Å². The third-order valence-corrected chi connectivity index (χ3v) is 4.21. The lowest BCUT2D eigenvalue weighted by Crippen LogP contribution is -2.36. The van der Waals surface area contributed by atoms with Gasteiger partial charge in [0.05, 0.1) is 0 Å². The average Bonchev–Trinajstić information content (AvgIpc) is 2.49. The van der Waals surface area contributed by atoms with E-state index in [0.29, 0.717) is 5.92 Å². The van der Waals surface area contributed by atoms with Crippen molar-refractivity contribution in [2.75, 3.05) is 52.4 Å². The Hall–Kier alpha value is 0.700. The largest absolute Gasteiger partial charge is 0.315 e. The van der Waals surface area contributed by atoms with E-state index >= 15 is 0 Å². The van der Waals surface area contributed by atoms with E-state index in [2.05, 4.69) is 61.5 Å². The molecule has 0 spiro atoms. The molecule has 1 aliphatic heterocycles. The number of halogens is 5. The van der Waals surface area contributed by atoms with Crippen LogP contribution < -0.4 is 21.3 Å². The summed E-state index contributed by atoms with van der Waals surface area (Å²) in [6.45, 7) is 8.37. The van der Waals surface area contributed by atoms with Crippen LogP contribution >= 0.6 is 65.6 Å². The van der Waals surface area contributed by atoms with Crippen LogP contribution in [0.15, 0.2) is 28.7 Å². The van der Waals surface area contributed by atoms with Crippen molar-refractivity contribution in [2.24, 2.45) is 5.92 Å². The first-order chi connectivity index (χ1) is 10.3. The van der Waals surface area contributed by atoms with Gasteiger partial charge in [-0.3, -0.25) is 0 Å². The highest BCUT2D eigenvalue weighted by Gasteiger charge is 2.10. The molecule has 0 amide bonds. The molecular weight excluding hydrogens is 470 g/mol. The van der Waals surface area contributed by atoms with Crippen molar-refractivity contribution >= 4 is 65.6 Å². The first-order valence-corrected chi connectivity index (χ1v) is 8.71. The van der Waals surface area contributed by atoms with E-state index in [-0.39, 0.29) is 49.6 Å². The molecule has 25 heavy (non-hydrogen) atoms. The summed E-state index contributed by atoms with van der Waals surface area (Å²) >= 11 is 3.56. The van der Waals surface area contributed by atoms with Gasteiger partial charge in [-0.05, 0) is 43.1 Å². The van der Waals surface area contributed by atoms with Gasteiger partial charge in [-0.1, -0.05) is 28.1 Å². The summed E-state index contributed by atoms with van der Waals surface area (Å²) in [5, 5.41) is 14.0. The molecule has 9 heteroatoms. The van der Waals surface area contributed by atoms with Crippen molar-refractivity contribution in [1.29, 1.82) is 0 Å². The van der Waals surface area contributed by atoms with Crippen molar-refractivity contribution in [3.63, 3.8) is 0 Å². The number of hydrogen-bond acceptors (Lipinski definition) is 4. The third kappa shape index (κ3) is 14.4. The van der Waals surface area contributed by atoms with Gasteiger partial charge in [-0.2, -0.15) is 0 Å². The fraction of sp³-hybridized carbons (Fsp3) is 0.625. The van der Waals surface area contributed by atoms with Gasteiger partial charge in [0, 0.05) is 43.7 Å². The summed E-state index contributed by atoms with van der Waals surface area (Å²) in [4.78, 5) is 0. The van der Waals surface area contributed by atoms with Crippen molar-refractivity contribution in [3.05, 3.63) is 34.3 Å². The fourth-order valence-electron chi connectivity index (χ4n) is 2.61. The molecule has 1 heterocycles. The maximum absolute atomic E-state index is 3.57. The molecule has 0 aliphatic carbocycles. The van der Waals surface area contributed by atoms with Gasteiger partial charge < -0.3 is 21.3 Å². The lowest BCUT2D eigenvalue weighted by atomic mass is 9.99. The van der Waals surface area contributed by atoms with Crippen molar-refractivity contribution < 1.29 is 0 Å². The highest BCUT2D eigenvalue weighted by atomic mass is 79.9. The highest BCUT2D eigenvalue weighted by molar-refractivity contribution is 9.10. The van der Waals surface area contributed by atoms with Crippen LogP contribution in [0.2, 0.25) is 0 Å². The molecule has 0 radical (unpaired) electrons. The zero-order valence-corrected chi connectivity index (χ0v) is 19.1. The molecule has 150 valence electrons. The molecule has 0 unspecified atom stereocenters. The maximum atomic E-state index is 3.57. The first kappa shape index (κ1) is 30.4. The van der Waals surface area contributed by atoms with Crippen LogP contribution in [0.1, 0.15) is 5.56 Å². The molecule has 1 aromatic rings. The number of hydrogen-bond donors (Lipinski definition) is 4. The second-order valence-electron chi connectivity index (χ2n) is 5.61. The summed E-state index contributed by atoms with van der Waals surface area (Å²) in [7, 11) is 0. The Kier molecular flexibility index (Phi) is 23.7. The molecule has 0 aromatic heterocycles. The second kappa shape index (κ2) is 19.5. The van der Waals surface area contributed by atoms with Gasteiger partial charge in [0.25, 0.3) is 0 Å². The van der Waals surface area contributed by atoms with Crippen molar-refractivity contribution in [1.82, 2.24) is 21.3 Å². The Bertz CT molecular complexity index is 401. The van der Waals surface area contributed by atoms with E-state index in [1.807, 2.05) is 0 Å². The lowest BCUT2D eigenvalue weighted by molar-refractivity contribution is 0.441. The highest BCUT2D eigenvalue weighted by Crippen LogP contribution is 2.14. The predicted octanol–water partition coefficient (Wildman–Crippen LogP) is 2.67. The Labute approximate surface area is 185 Å². The molecule has 1 aliphatic rings. The number of rotatable bonds is 2. The Morgan fingerprint density at radius 3 is 1.72 bits per heavy atom. The van der Waals surface area contributed by atoms with Crippen molar-refractivity contribution in [2.45, 2.75) is 6.42 Å². The van der Waals surface area contributed by atoms with Gasteiger partial charge in [-0.25, -0.2) is 0 Å². The SMILES string of the molecule is Brc1cccc(CC2CNCCNCCNCCNC2)c1.Cl.Cl.Cl.Cl. The van der Waals surface area contributed by atoms with Gasteiger partial charge in [0.15, 0.2) is 0 Å². The van der Waals surface area contributed by atoms with Crippen LogP contribution in [-0.2, 0) is 6.42 Å². The molecule has 2 rings (SSSR count). The number of nitrogens with one attached hydrogen (secondary N) is 4. The lowest BCUT2D eigenvalue weighted by Gasteiger charge is -2.18. The van der Waals surface area contributed by atoms with E-state index in [9.17, 15) is 0 Å². The van der Waals surface area contributed by atoms with Crippen LogP contribution in [0, 0.1) is 5.92 Å². The molecule has 1 aromatic carbocycles. The topological polar surface area (TPSA) is 48.1 Å². The van der Waals surface area contributed by atoms with Crippen LogP contribution in [0.3, 0.4) is 0 Å². The molecule has 1 fully saturated rings. The zero-order valence-electron chi connectivity index (χ0n) is 14.3. The average molecular weight is 501 g/mol. The minimum Gasteiger partial charge on any atom is -0.315 e.